The Morgan fingerprint density at radius 1 is 1.35 bits per heavy atom. The lowest BCUT2D eigenvalue weighted by Crippen LogP contribution is -2.40. The normalized spacial score (nSPS) is 9.94. The first-order valence-electron chi connectivity index (χ1n) is 5.31. The second-order valence-electron chi connectivity index (χ2n) is 3.45. The molecule has 0 aliphatic heterocycles. The van der Waals surface area contributed by atoms with Crippen molar-refractivity contribution in [1.29, 1.82) is 0 Å². The van der Waals surface area contributed by atoms with Gasteiger partial charge in [0.1, 0.15) is 5.88 Å². The van der Waals surface area contributed by atoms with Crippen molar-refractivity contribution in [2.75, 3.05) is 12.4 Å². The number of unbranched alkanes of at least 4 members (excludes halogenated alkanes) is 1. The highest BCUT2D eigenvalue weighted by atomic mass is 35.5. The SMILES string of the molecule is O=C(CCl)NC(=O)NCCCCn1ccnc1. The number of urea groups is 1. The molecule has 0 radical (unpaired) electrons. The minimum Gasteiger partial charge on any atom is -0.338 e. The number of aromatic nitrogens is 2. The summed E-state index contributed by atoms with van der Waals surface area (Å²) in [6.07, 6.45) is 7.13. The second-order valence-corrected chi connectivity index (χ2v) is 3.71. The van der Waals surface area contributed by atoms with Crippen LogP contribution in [0, 0.1) is 0 Å². The maximum atomic E-state index is 11.1. The number of aryl methyl sites for hydroxylation is 1. The molecule has 0 fully saturated rings. The third-order valence-electron chi connectivity index (χ3n) is 2.06. The molecule has 3 amide bonds. The first-order valence-corrected chi connectivity index (χ1v) is 5.85. The number of imide groups is 1. The van der Waals surface area contributed by atoms with Crippen LogP contribution in [0.2, 0.25) is 0 Å². The number of carbonyl (C=O) groups excluding carboxylic acids is 2. The fourth-order valence-corrected chi connectivity index (χ4v) is 1.31. The van der Waals surface area contributed by atoms with Gasteiger partial charge < -0.3 is 9.88 Å². The average molecular weight is 259 g/mol. The largest absolute Gasteiger partial charge is 0.338 e. The molecule has 1 heterocycles. The number of imidazole rings is 1. The van der Waals surface area contributed by atoms with Crippen molar-refractivity contribution in [2.45, 2.75) is 19.4 Å². The monoisotopic (exact) mass is 258 g/mol. The topological polar surface area (TPSA) is 76.0 Å². The van der Waals surface area contributed by atoms with Crippen LogP contribution in [-0.4, -0.2) is 33.9 Å². The Kier molecular flexibility index (Phi) is 6.09. The van der Waals surface area contributed by atoms with Crippen LogP contribution >= 0.6 is 11.6 Å². The van der Waals surface area contributed by atoms with Gasteiger partial charge in [0, 0.05) is 25.5 Å². The van der Waals surface area contributed by atoms with E-state index >= 15 is 0 Å². The molecule has 0 aliphatic carbocycles. The third-order valence-corrected chi connectivity index (χ3v) is 2.30. The highest BCUT2D eigenvalue weighted by Gasteiger charge is 2.04. The summed E-state index contributed by atoms with van der Waals surface area (Å²) in [5, 5.41) is 4.67. The summed E-state index contributed by atoms with van der Waals surface area (Å²) in [6, 6.07) is -0.502. The average Bonchev–Trinajstić information content (AvgIpc) is 2.81. The van der Waals surface area contributed by atoms with Crippen LogP contribution in [0.1, 0.15) is 12.8 Å². The molecule has 0 aliphatic rings. The van der Waals surface area contributed by atoms with E-state index in [1.807, 2.05) is 10.8 Å². The summed E-state index contributed by atoms with van der Waals surface area (Å²) in [4.78, 5) is 25.8. The zero-order chi connectivity index (χ0) is 12.5. The van der Waals surface area contributed by atoms with E-state index in [1.54, 1.807) is 12.5 Å². The summed E-state index contributed by atoms with van der Waals surface area (Å²) >= 11 is 5.24. The van der Waals surface area contributed by atoms with E-state index < -0.39 is 11.9 Å². The van der Waals surface area contributed by atoms with Gasteiger partial charge in [0.15, 0.2) is 0 Å². The van der Waals surface area contributed by atoms with Crippen molar-refractivity contribution in [3.8, 4) is 0 Å². The first-order chi connectivity index (χ1) is 8.22. The first kappa shape index (κ1) is 13.5. The van der Waals surface area contributed by atoms with Crippen molar-refractivity contribution >= 4 is 23.5 Å². The molecule has 0 bridgehead atoms. The molecule has 17 heavy (non-hydrogen) atoms. The molecular formula is C10H15ClN4O2. The Labute approximate surface area is 104 Å². The van der Waals surface area contributed by atoms with E-state index in [2.05, 4.69) is 15.6 Å². The van der Waals surface area contributed by atoms with E-state index in [-0.39, 0.29) is 5.88 Å². The summed E-state index contributed by atoms with van der Waals surface area (Å²) in [5.74, 6) is -0.712. The van der Waals surface area contributed by atoms with Crippen LogP contribution in [0.5, 0.6) is 0 Å². The van der Waals surface area contributed by atoms with Crippen LogP contribution in [0.25, 0.3) is 0 Å². The van der Waals surface area contributed by atoms with E-state index in [0.717, 1.165) is 19.4 Å². The molecule has 0 saturated heterocycles. The molecule has 1 aromatic rings. The zero-order valence-electron chi connectivity index (χ0n) is 9.36. The highest BCUT2D eigenvalue weighted by molar-refractivity contribution is 6.28. The number of hydrogen-bond acceptors (Lipinski definition) is 3. The van der Waals surface area contributed by atoms with Crippen LogP contribution in [-0.2, 0) is 11.3 Å². The van der Waals surface area contributed by atoms with Gasteiger partial charge in [-0.1, -0.05) is 0 Å². The number of rotatable bonds is 6. The van der Waals surface area contributed by atoms with Gasteiger partial charge in [0.05, 0.1) is 6.33 Å². The molecule has 0 saturated carbocycles. The van der Waals surface area contributed by atoms with Crippen LogP contribution in [0.3, 0.4) is 0 Å². The van der Waals surface area contributed by atoms with E-state index in [9.17, 15) is 9.59 Å². The Morgan fingerprint density at radius 2 is 2.18 bits per heavy atom. The second kappa shape index (κ2) is 7.67. The number of alkyl halides is 1. The zero-order valence-corrected chi connectivity index (χ0v) is 10.1. The lowest BCUT2D eigenvalue weighted by Gasteiger charge is -2.05. The summed E-state index contributed by atoms with van der Waals surface area (Å²) < 4.78 is 1.97. The number of halogens is 1. The molecule has 1 rings (SSSR count). The van der Waals surface area contributed by atoms with Gasteiger partial charge in [0.25, 0.3) is 0 Å². The molecule has 6 nitrogen and oxygen atoms in total. The van der Waals surface area contributed by atoms with E-state index in [1.165, 1.54) is 0 Å². The van der Waals surface area contributed by atoms with Crippen molar-refractivity contribution < 1.29 is 9.59 Å². The quantitative estimate of drug-likeness (QED) is 0.583. The third kappa shape index (κ3) is 5.91. The Hall–Kier alpha value is -1.56. The number of hydrogen-bond donors (Lipinski definition) is 2. The smallest absolute Gasteiger partial charge is 0.321 e. The molecule has 7 heteroatoms. The summed E-state index contributed by atoms with van der Waals surface area (Å²) in [7, 11) is 0. The van der Waals surface area contributed by atoms with Gasteiger partial charge in [-0.3, -0.25) is 10.1 Å². The van der Waals surface area contributed by atoms with Crippen molar-refractivity contribution in [2.24, 2.45) is 0 Å². The van der Waals surface area contributed by atoms with Gasteiger partial charge in [-0.25, -0.2) is 9.78 Å². The number of nitrogens with zero attached hydrogens (tertiary/aromatic N) is 2. The minimum absolute atomic E-state index is 0.214. The van der Waals surface area contributed by atoms with Gasteiger partial charge in [-0.2, -0.15) is 0 Å². The van der Waals surface area contributed by atoms with Crippen molar-refractivity contribution in [3.05, 3.63) is 18.7 Å². The minimum atomic E-state index is -0.502. The number of amides is 3. The fourth-order valence-electron chi connectivity index (χ4n) is 1.24. The van der Waals surface area contributed by atoms with Crippen molar-refractivity contribution in [3.63, 3.8) is 0 Å². The van der Waals surface area contributed by atoms with Crippen LogP contribution in [0.4, 0.5) is 4.79 Å². The van der Waals surface area contributed by atoms with Crippen LogP contribution in [0.15, 0.2) is 18.7 Å². The summed E-state index contributed by atoms with van der Waals surface area (Å²) in [6.45, 7) is 1.39. The molecule has 94 valence electrons. The van der Waals surface area contributed by atoms with Gasteiger partial charge in [-0.05, 0) is 12.8 Å². The lowest BCUT2D eigenvalue weighted by atomic mass is 10.3. The molecule has 1 aromatic heterocycles. The molecule has 0 aromatic carbocycles. The highest BCUT2D eigenvalue weighted by Crippen LogP contribution is 1.93. The molecule has 2 N–H and O–H groups in total. The number of carbonyl (C=O) groups is 2. The number of nitrogens with one attached hydrogen (secondary N) is 2. The predicted octanol–water partition coefficient (Wildman–Crippen LogP) is 0.728. The summed E-state index contributed by atoms with van der Waals surface area (Å²) in [5.41, 5.74) is 0. The predicted molar refractivity (Wildman–Crippen MR) is 63.7 cm³/mol. The molecular weight excluding hydrogens is 244 g/mol. The fraction of sp³-hybridized carbons (Fsp3) is 0.500. The Morgan fingerprint density at radius 3 is 2.82 bits per heavy atom. The Balaban J connectivity index is 2.00. The van der Waals surface area contributed by atoms with E-state index in [4.69, 9.17) is 11.6 Å². The van der Waals surface area contributed by atoms with Crippen molar-refractivity contribution in [1.82, 2.24) is 20.2 Å². The van der Waals surface area contributed by atoms with Gasteiger partial charge in [-0.15, -0.1) is 11.6 Å². The lowest BCUT2D eigenvalue weighted by molar-refractivity contribution is -0.117. The molecule has 0 atom stereocenters. The maximum absolute atomic E-state index is 11.1. The molecule has 0 unspecified atom stereocenters. The van der Waals surface area contributed by atoms with Gasteiger partial charge >= 0.3 is 6.03 Å². The standard InChI is InChI=1S/C10H15ClN4O2/c11-7-9(16)14-10(17)13-3-1-2-5-15-6-4-12-8-15/h4,6,8H,1-3,5,7H2,(H2,13,14,16,17). The van der Waals surface area contributed by atoms with Gasteiger partial charge in [0.2, 0.25) is 5.91 Å². The Bertz CT molecular complexity index is 353. The van der Waals surface area contributed by atoms with Crippen LogP contribution < -0.4 is 10.6 Å². The molecule has 0 spiro atoms. The maximum Gasteiger partial charge on any atom is 0.321 e. The van der Waals surface area contributed by atoms with E-state index in [0.29, 0.717) is 6.54 Å².